The Labute approximate surface area is 152 Å². The Kier molecular flexibility index (Phi) is 6.85. The zero-order valence-electron chi connectivity index (χ0n) is 14.2. The van der Waals surface area contributed by atoms with Gasteiger partial charge in [0.2, 0.25) is 5.91 Å². The molecule has 1 aromatic rings. The van der Waals surface area contributed by atoms with E-state index >= 15 is 0 Å². The van der Waals surface area contributed by atoms with Gasteiger partial charge in [-0.15, -0.1) is 11.3 Å². The van der Waals surface area contributed by atoms with E-state index in [4.69, 9.17) is 12.2 Å². The van der Waals surface area contributed by atoms with E-state index in [2.05, 4.69) is 22.1 Å². The number of likely N-dealkylation sites (tertiary alicyclic amines) is 1. The third kappa shape index (κ3) is 5.43. The van der Waals surface area contributed by atoms with Gasteiger partial charge in [-0.1, -0.05) is 30.9 Å². The number of hydrogen-bond acceptors (Lipinski definition) is 5. The summed E-state index contributed by atoms with van der Waals surface area (Å²) < 4.78 is 0.851. The van der Waals surface area contributed by atoms with Crippen LogP contribution in [0.2, 0.25) is 0 Å². The van der Waals surface area contributed by atoms with E-state index in [0.29, 0.717) is 5.75 Å². The third-order valence-corrected chi connectivity index (χ3v) is 6.86. The maximum Gasteiger partial charge on any atom is 0.230 e. The highest BCUT2D eigenvalue weighted by molar-refractivity contribution is 8.23. The van der Waals surface area contributed by atoms with Crippen molar-refractivity contribution in [1.82, 2.24) is 15.2 Å². The molecule has 0 aromatic carbocycles. The summed E-state index contributed by atoms with van der Waals surface area (Å²) in [6.45, 7) is 10.3. The fourth-order valence-corrected chi connectivity index (χ4v) is 4.70. The van der Waals surface area contributed by atoms with Gasteiger partial charge in [-0.3, -0.25) is 4.79 Å². The summed E-state index contributed by atoms with van der Waals surface area (Å²) in [4.78, 5) is 19.9. The van der Waals surface area contributed by atoms with Crippen LogP contribution in [0.4, 0.5) is 0 Å². The van der Waals surface area contributed by atoms with Crippen LogP contribution in [0.1, 0.15) is 48.3 Å². The first-order valence-corrected chi connectivity index (χ1v) is 10.2. The molecule has 4 nitrogen and oxygen atoms in total. The summed E-state index contributed by atoms with van der Waals surface area (Å²) in [5, 5.41) is 4.08. The number of aryl methyl sites for hydroxylation is 2. The van der Waals surface area contributed by atoms with Crippen molar-refractivity contribution in [1.29, 1.82) is 0 Å². The number of nitrogens with one attached hydrogen (secondary N) is 1. The van der Waals surface area contributed by atoms with Crippen LogP contribution in [0.15, 0.2) is 0 Å². The molecular weight excluding hydrogens is 346 g/mol. The number of carbonyl (C=O) groups is 1. The van der Waals surface area contributed by atoms with Crippen LogP contribution in [-0.4, -0.2) is 39.0 Å². The lowest BCUT2D eigenvalue weighted by Crippen LogP contribution is -2.36. The van der Waals surface area contributed by atoms with Gasteiger partial charge >= 0.3 is 0 Å². The molecular formula is C16H25N3OS3. The first kappa shape index (κ1) is 18.7. The van der Waals surface area contributed by atoms with Gasteiger partial charge in [0.1, 0.15) is 4.32 Å². The second kappa shape index (κ2) is 8.44. The molecule has 1 amide bonds. The van der Waals surface area contributed by atoms with Crippen LogP contribution in [0.3, 0.4) is 0 Å². The molecule has 0 spiro atoms. The van der Waals surface area contributed by atoms with Crippen molar-refractivity contribution in [2.45, 2.75) is 46.6 Å². The highest BCUT2D eigenvalue weighted by atomic mass is 32.2. The predicted molar refractivity (Wildman–Crippen MR) is 103 cm³/mol. The third-order valence-electron chi connectivity index (χ3n) is 4.08. The molecule has 0 unspecified atom stereocenters. The molecule has 2 heterocycles. The smallest absolute Gasteiger partial charge is 0.230 e. The molecule has 1 saturated heterocycles. The molecule has 0 saturated carbocycles. The van der Waals surface area contributed by atoms with Crippen molar-refractivity contribution >= 4 is 45.5 Å². The number of thiocarbonyl (C=S) groups is 1. The minimum Gasteiger partial charge on any atom is -0.357 e. The number of thiazole rings is 1. The zero-order chi connectivity index (χ0) is 17.0. The van der Waals surface area contributed by atoms with Gasteiger partial charge in [-0.25, -0.2) is 4.98 Å². The summed E-state index contributed by atoms with van der Waals surface area (Å²) in [6, 6.07) is -0.00120. The molecule has 0 bridgehead atoms. The number of hydrogen-bond donors (Lipinski definition) is 1. The lowest BCUT2D eigenvalue weighted by atomic mass is 10.00. The number of nitrogens with zero attached hydrogens (tertiary/aromatic N) is 2. The zero-order valence-corrected chi connectivity index (χ0v) is 16.7. The average molecular weight is 372 g/mol. The van der Waals surface area contributed by atoms with Gasteiger partial charge in [0.05, 0.1) is 22.5 Å². The molecule has 128 valence electrons. The van der Waals surface area contributed by atoms with Crippen molar-refractivity contribution < 1.29 is 4.79 Å². The number of rotatable bonds is 4. The number of amides is 1. The second-order valence-electron chi connectivity index (χ2n) is 6.20. The molecule has 2 rings (SSSR count). The molecule has 1 aromatic heterocycles. The standard InChI is InChI=1S/C16H25N3OS3/c1-10-5-7-19(8-6-10)16(21)22-9-14(20)18-12(3)15-11(2)17-13(4)23-15/h10,12H,5-9H2,1-4H3,(H,18,20)/t12-/m1/s1. The number of thioether (sulfide) groups is 1. The largest absolute Gasteiger partial charge is 0.357 e. The first-order valence-electron chi connectivity index (χ1n) is 8.01. The lowest BCUT2D eigenvalue weighted by Gasteiger charge is -2.31. The summed E-state index contributed by atoms with van der Waals surface area (Å²) in [5.74, 6) is 1.20. The Balaban J connectivity index is 1.76. The van der Waals surface area contributed by atoms with E-state index in [1.54, 1.807) is 11.3 Å². The summed E-state index contributed by atoms with van der Waals surface area (Å²) in [6.07, 6.45) is 2.38. The van der Waals surface area contributed by atoms with E-state index in [-0.39, 0.29) is 11.9 Å². The van der Waals surface area contributed by atoms with Crippen LogP contribution >= 0.6 is 35.3 Å². The van der Waals surface area contributed by atoms with Gasteiger partial charge in [0.25, 0.3) is 0 Å². The molecule has 1 aliphatic heterocycles. The number of aromatic nitrogens is 1. The Morgan fingerprint density at radius 3 is 2.70 bits per heavy atom. The van der Waals surface area contributed by atoms with Crippen molar-refractivity contribution in [3.05, 3.63) is 15.6 Å². The lowest BCUT2D eigenvalue weighted by molar-refractivity contribution is -0.119. The SMILES string of the molecule is Cc1nc(C)c([C@@H](C)NC(=O)CSC(=S)N2CCC(C)CC2)s1. The molecule has 1 N–H and O–H groups in total. The van der Waals surface area contributed by atoms with Gasteiger partial charge in [0, 0.05) is 18.0 Å². The van der Waals surface area contributed by atoms with E-state index in [1.807, 2.05) is 20.8 Å². The molecule has 0 radical (unpaired) electrons. The normalized spacial score (nSPS) is 17.1. The monoisotopic (exact) mass is 371 g/mol. The Bertz CT molecular complexity index is 565. The Morgan fingerprint density at radius 2 is 2.13 bits per heavy atom. The van der Waals surface area contributed by atoms with E-state index in [9.17, 15) is 4.79 Å². The van der Waals surface area contributed by atoms with Crippen molar-refractivity contribution in [3.8, 4) is 0 Å². The maximum absolute atomic E-state index is 12.2. The topological polar surface area (TPSA) is 45.2 Å². The summed E-state index contributed by atoms with van der Waals surface area (Å²) in [7, 11) is 0. The highest BCUT2D eigenvalue weighted by Gasteiger charge is 2.20. The molecule has 1 fully saturated rings. The molecule has 23 heavy (non-hydrogen) atoms. The van der Waals surface area contributed by atoms with Gasteiger partial charge in [0.15, 0.2) is 0 Å². The van der Waals surface area contributed by atoms with Crippen LogP contribution in [-0.2, 0) is 4.79 Å². The van der Waals surface area contributed by atoms with Crippen molar-refractivity contribution in [3.63, 3.8) is 0 Å². The second-order valence-corrected chi connectivity index (χ2v) is 9.04. The Morgan fingerprint density at radius 1 is 1.48 bits per heavy atom. The van der Waals surface area contributed by atoms with Gasteiger partial charge < -0.3 is 10.2 Å². The summed E-state index contributed by atoms with van der Waals surface area (Å²) in [5.41, 5.74) is 1.01. The highest BCUT2D eigenvalue weighted by Crippen LogP contribution is 2.25. The first-order chi connectivity index (χ1) is 10.9. The van der Waals surface area contributed by atoms with Crippen LogP contribution in [0, 0.1) is 19.8 Å². The van der Waals surface area contributed by atoms with Crippen LogP contribution in [0.25, 0.3) is 0 Å². The van der Waals surface area contributed by atoms with Gasteiger partial charge in [-0.2, -0.15) is 0 Å². The average Bonchev–Trinajstić information content (AvgIpc) is 2.84. The van der Waals surface area contributed by atoms with E-state index in [1.165, 1.54) is 24.6 Å². The van der Waals surface area contributed by atoms with E-state index < -0.39 is 0 Å². The fraction of sp³-hybridized carbons (Fsp3) is 0.688. The maximum atomic E-state index is 12.2. The van der Waals surface area contributed by atoms with Crippen molar-refractivity contribution in [2.24, 2.45) is 5.92 Å². The van der Waals surface area contributed by atoms with E-state index in [0.717, 1.165) is 38.9 Å². The number of piperidine rings is 1. The van der Waals surface area contributed by atoms with Crippen LogP contribution in [0.5, 0.6) is 0 Å². The Hall–Kier alpha value is -0.660. The minimum atomic E-state index is -0.00120. The molecule has 0 aliphatic carbocycles. The quantitative estimate of drug-likeness (QED) is 0.818. The predicted octanol–water partition coefficient (Wildman–Crippen LogP) is 3.69. The number of carbonyl (C=O) groups excluding carboxylic acids is 1. The van der Waals surface area contributed by atoms with Crippen LogP contribution < -0.4 is 5.32 Å². The minimum absolute atomic E-state index is 0.00120. The van der Waals surface area contributed by atoms with Gasteiger partial charge in [-0.05, 0) is 39.5 Å². The molecule has 1 atom stereocenters. The fourth-order valence-electron chi connectivity index (χ4n) is 2.71. The summed E-state index contributed by atoms with van der Waals surface area (Å²) >= 11 is 8.58. The van der Waals surface area contributed by atoms with Crippen molar-refractivity contribution in [2.75, 3.05) is 18.8 Å². The molecule has 7 heteroatoms. The molecule has 1 aliphatic rings.